The maximum atomic E-state index is 13.2. The van der Waals surface area contributed by atoms with Crippen LogP contribution in [0.15, 0.2) is 66.2 Å². The molecule has 7 nitrogen and oxygen atoms in total. The molecule has 5 rings (SSSR count). The van der Waals surface area contributed by atoms with Crippen molar-refractivity contribution in [2.45, 2.75) is 59.2 Å². The summed E-state index contributed by atoms with van der Waals surface area (Å²) in [6.45, 7) is 12.3. The molecule has 0 atom stereocenters. The van der Waals surface area contributed by atoms with E-state index in [0.717, 1.165) is 17.1 Å². The molecule has 0 spiro atoms. The predicted octanol–water partition coefficient (Wildman–Crippen LogP) is 6.97. The molecule has 2 heterocycles. The van der Waals surface area contributed by atoms with Crippen LogP contribution in [0.3, 0.4) is 0 Å². The normalized spacial score (nSPS) is 16.2. The number of carbonyl (C=O) groups excluding carboxylic acids is 2. The van der Waals surface area contributed by atoms with Gasteiger partial charge in [0.15, 0.2) is 5.11 Å². The quantitative estimate of drug-likeness (QED) is 0.177. The molecular weight excluding hydrogens is 546 g/mol. The van der Waals surface area contributed by atoms with Gasteiger partial charge in [0.2, 0.25) is 0 Å². The molecular formula is C34H37N3O4S. The van der Waals surface area contributed by atoms with Crippen LogP contribution < -0.4 is 14.4 Å². The minimum Gasteiger partial charge on any atom is -0.490 e. The number of carbonyl (C=O) groups is 2. The van der Waals surface area contributed by atoms with Gasteiger partial charge in [-0.1, -0.05) is 50.2 Å². The number of fused-ring (bicyclic) bond motifs is 2. The SMILES string of the molecule is CC(C)Oc1cc(N2c3ccccc3C(C)(C)c3ccccc32)c(OC(C)C)cc1C=C1C(=O)N(C)C(=S)N(C)C1=O. The first-order chi connectivity index (χ1) is 19.8. The first-order valence-electron chi connectivity index (χ1n) is 14.1. The van der Waals surface area contributed by atoms with Crippen molar-refractivity contribution in [1.82, 2.24) is 9.80 Å². The van der Waals surface area contributed by atoms with Gasteiger partial charge in [0.1, 0.15) is 17.1 Å². The summed E-state index contributed by atoms with van der Waals surface area (Å²) in [5, 5.41) is 0.158. The van der Waals surface area contributed by atoms with Crippen molar-refractivity contribution in [2.24, 2.45) is 0 Å². The third-order valence-corrected chi connectivity index (χ3v) is 8.19. The van der Waals surface area contributed by atoms with Crippen molar-refractivity contribution in [3.05, 3.63) is 82.9 Å². The highest BCUT2D eigenvalue weighted by Crippen LogP contribution is 2.54. The molecule has 2 aliphatic rings. The van der Waals surface area contributed by atoms with Crippen molar-refractivity contribution in [2.75, 3.05) is 19.0 Å². The maximum absolute atomic E-state index is 13.2. The Balaban J connectivity index is 1.78. The van der Waals surface area contributed by atoms with Crippen molar-refractivity contribution in [3.63, 3.8) is 0 Å². The maximum Gasteiger partial charge on any atom is 0.265 e. The third kappa shape index (κ3) is 4.94. The van der Waals surface area contributed by atoms with Gasteiger partial charge in [-0.05, 0) is 75.3 Å². The van der Waals surface area contributed by atoms with Gasteiger partial charge in [-0.2, -0.15) is 0 Å². The number of hydrogen-bond donors (Lipinski definition) is 0. The van der Waals surface area contributed by atoms with Gasteiger partial charge in [0, 0.05) is 31.1 Å². The van der Waals surface area contributed by atoms with Gasteiger partial charge in [-0.3, -0.25) is 19.4 Å². The van der Waals surface area contributed by atoms with Crippen LogP contribution in [0.25, 0.3) is 6.08 Å². The number of amides is 2. The molecule has 2 amide bonds. The number of ether oxygens (including phenoxy) is 2. The summed E-state index contributed by atoms with van der Waals surface area (Å²) in [4.78, 5) is 31.2. The van der Waals surface area contributed by atoms with Crippen LogP contribution in [-0.4, -0.2) is 53.0 Å². The fourth-order valence-electron chi connectivity index (χ4n) is 5.62. The molecule has 0 N–H and O–H groups in total. The molecule has 1 fully saturated rings. The molecule has 0 radical (unpaired) electrons. The molecule has 0 aliphatic carbocycles. The summed E-state index contributed by atoms with van der Waals surface area (Å²) in [7, 11) is 3.13. The number of rotatable bonds is 6. The minimum atomic E-state index is -0.463. The molecule has 3 aromatic rings. The van der Waals surface area contributed by atoms with E-state index in [-0.39, 0.29) is 28.3 Å². The highest BCUT2D eigenvalue weighted by atomic mass is 32.1. The summed E-state index contributed by atoms with van der Waals surface area (Å²) < 4.78 is 12.8. The largest absolute Gasteiger partial charge is 0.490 e. The summed E-state index contributed by atoms with van der Waals surface area (Å²) in [6.07, 6.45) is 1.28. The minimum absolute atomic E-state index is 0.000802. The van der Waals surface area contributed by atoms with E-state index in [1.54, 1.807) is 20.2 Å². The summed E-state index contributed by atoms with van der Waals surface area (Å²) in [5.41, 5.74) is 5.62. The monoisotopic (exact) mass is 583 g/mol. The molecule has 3 aromatic carbocycles. The van der Waals surface area contributed by atoms with Crippen LogP contribution in [0, 0.1) is 0 Å². The lowest BCUT2D eigenvalue weighted by Crippen LogP contribution is -2.52. The zero-order valence-corrected chi connectivity index (χ0v) is 26.2. The van der Waals surface area contributed by atoms with Crippen LogP contribution in [0.5, 0.6) is 11.5 Å². The van der Waals surface area contributed by atoms with Gasteiger partial charge in [0.25, 0.3) is 11.8 Å². The van der Waals surface area contributed by atoms with Crippen molar-refractivity contribution in [3.8, 4) is 11.5 Å². The fraction of sp³-hybridized carbons (Fsp3) is 0.324. The molecule has 0 aromatic heterocycles. The first kappa shape index (κ1) is 29.3. The molecule has 42 heavy (non-hydrogen) atoms. The number of anilines is 3. The van der Waals surface area contributed by atoms with Crippen molar-refractivity contribution in [1.29, 1.82) is 0 Å². The van der Waals surface area contributed by atoms with Crippen molar-refractivity contribution >= 4 is 52.3 Å². The summed E-state index contributed by atoms with van der Waals surface area (Å²) >= 11 is 5.28. The average Bonchev–Trinajstić information content (AvgIpc) is 2.94. The van der Waals surface area contributed by atoms with Gasteiger partial charge < -0.3 is 14.4 Å². The summed E-state index contributed by atoms with van der Waals surface area (Å²) in [5.74, 6) is 0.206. The molecule has 2 aliphatic heterocycles. The Morgan fingerprint density at radius 1 is 0.738 bits per heavy atom. The Morgan fingerprint density at radius 3 is 1.71 bits per heavy atom. The van der Waals surface area contributed by atoms with E-state index in [9.17, 15) is 9.59 Å². The molecule has 0 bridgehead atoms. The lowest BCUT2D eigenvalue weighted by Gasteiger charge is -2.42. The standard InChI is InChI=1S/C34H37N3O4S/c1-20(2)40-29-19-28(37-26-15-11-9-13-24(26)34(5,6)25-14-10-12-16-27(25)37)30(41-21(3)4)18-22(29)17-23-31(38)35(7)33(42)36(8)32(23)39/h9-21H,1-8H3. The Kier molecular flexibility index (Phi) is 7.62. The lowest BCUT2D eigenvalue weighted by atomic mass is 9.73. The molecule has 0 saturated carbocycles. The fourth-order valence-corrected chi connectivity index (χ4v) is 5.78. The second-order valence-electron chi connectivity index (χ2n) is 11.8. The van der Waals surface area contributed by atoms with Crippen LogP contribution in [0.2, 0.25) is 0 Å². The Bertz CT molecular complexity index is 1550. The number of thiocarbonyl (C=S) groups is 1. The van der Waals surface area contributed by atoms with Gasteiger partial charge in [-0.25, -0.2) is 0 Å². The second kappa shape index (κ2) is 10.9. The number of hydrogen-bond acceptors (Lipinski definition) is 6. The van der Waals surface area contributed by atoms with E-state index >= 15 is 0 Å². The third-order valence-electron chi connectivity index (χ3n) is 7.64. The Hall–Kier alpha value is -4.17. The van der Waals surface area contributed by atoms with Gasteiger partial charge in [-0.15, -0.1) is 0 Å². The highest BCUT2D eigenvalue weighted by molar-refractivity contribution is 7.80. The average molecular weight is 584 g/mol. The van der Waals surface area contributed by atoms with Crippen LogP contribution in [-0.2, 0) is 15.0 Å². The van der Waals surface area contributed by atoms with E-state index in [1.807, 2.05) is 52.0 Å². The highest BCUT2D eigenvalue weighted by Gasteiger charge is 2.38. The molecule has 218 valence electrons. The number of benzene rings is 3. The van der Waals surface area contributed by atoms with Crippen LogP contribution in [0.1, 0.15) is 58.2 Å². The second-order valence-corrected chi connectivity index (χ2v) is 12.1. The zero-order valence-electron chi connectivity index (χ0n) is 25.4. The van der Waals surface area contributed by atoms with E-state index in [2.05, 4.69) is 55.1 Å². The number of likely N-dealkylation sites (N-methyl/N-ethyl adjacent to an activating group) is 2. The van der Waals surface area contributed by atoms with Crippen molar-refractivity contribution < 1.29 is 19.1 Å². The topological polar surface area (TPSA) is 62.3 Å². The number of para-hydroxylation sites is 2. The Morgan fingerprint density at radius 2 is 1.21 bits per heavy atom. The van der Waals surface area contributed by atoms with E-state index in [1.165, 1.54) is 20.9 Å². The smallest absolute Gasteiger partial charge is 0.265 e. The van der Waals surface area contributed by atoms with Gasteiger partial charge in [0.05, 0.1) is 29.3 Å². The number of nitrogens with zero attached hydrogens (tertiary/aromatic N) is 3. The zero-order chi connectivity index (χ0) is 30.5. The molecule has 1 saturated heterocycles. The lowest BCUT2D eigenvalue weighted by molar-refractivity contribution is -0.132. The summed E-state index contributed by atoms with van der Waals surface area (Å²) in [6, 6.07) is 20.6. The molecule has 0 unspecified atom stereocenters. The predicted molar refractivity (Wildman–Crippen MR) is 171 cm³/mol. The van der Waals surface area contributed by atoms with E-state index in [4.69, 9.17) is 21.7 Å². The Labute approximate surface area is 253 Å². The van der Waals surface area contributed by atoms with Crippen LogP contribution >= 0.6 is 12.2 Å². The van der Waals surface area contributed by atoms with E-state index < -0.39 is 11.8 Å². The van der Waals surface area contributed by atoms with E-state index in [0.29, 0.717) is 17.1 Å². The van der Waals surface area contributed by atoms with Crippen LogP contribution in [0.4, 0.5) is 17.1 Å². The first-order valence-corrected chi connectivity index (χ1v) is 14.6. The van der Waals surface area contributed by atoms with Gasteiger partial charge >= 0.3 is 0 Å². The molecule has 8 heteroatoms.